The van der Waals surface area contributed by atoms with Gasteiger partial charge in [0.25, 0.3) is 11.8 Å². The molecule has 2 saturated carbocycles. The summed E-state index contributed by atoms with van der Waals surface area (Å²) in [4.78, 5) is 44.1. The van der Waals surface area contributed by atoms with E-state index in [1.165, 1.54) is 0 Å². The maximum Gasteiger partial charge on any atom is 0.259 e. The molecule has 6 heteroatoms. The second-order valence-electron chi connectivity index (χ2n) is 11.4. The van der Waals surface area contributed by atoms with Crippen LogP contribution in [0.4, 0.5) is 0 Å². The van der Waals surface area contributed by atoms with Crippen molar-refractivity contribution in [3.8, 4) is 0 Å². The topological polar surface area (TPSA) is 62.6 Å². The fourth-order valence-electron chi connectivity index (χ4n) is 6.85. The van der Waals surface area contributed by atoms with Gasteiger partial charge in [-0.1, -0.05) is 33.6 Å². The smallest absolute Gasteiger partial charge is 0.259 e. The van der Waals surface area contributed by atoms with E-state index in [2.05, 4.69) is 20.8 Å². The zero-order chi connectivity index (χ0) is 23.3. The fourth-order valence-corrected chi connectivity index (χ4v) is 6.85. The van der Waals surface area contributed by atoms with E-state index in [0.717, 1.165) is 44.9 Å². The quantitative estimate of drug-likeness (QED) is 0.676. The Labute approximate surface area is 192 Å². The number of hydrogen-bond donors (Lipinski definition) is 0. The van der Waals surface area contributed by atoms with E-state index in [0.29, 0.717) is 19.6 Å². The molecule has 1 aliphatic heterocycles. The van der Waals surface area contributed by atoms with Crippen molar-refractivity contribution in [1.29, 1.82) is 0 Å². The van der Waals surface area contributed by atoms with Crippen LogP contribution in [0, 0.1) is 10.8 Å². The molecule has 32 heavy (non-hydrogen) atoms. The summed E-state index contributed by atoms with van der Waals surface area (Å²) in [6.07, 6.45) is 10.8. The average molecular weight is 442 g/mol. The Hall–Kier alpha value is -2.11. The predicted molar refractivity (Wildman–Crippen MR) is 126 cm³/mol. The van der Waals surface area contributed by atoms with Crippen molar-refractivity contribution in [3.63, 3.8) is 0 Å². The van der Waals surface area contributed by atoms with Crippen LogP contribution >= 0.6 is 0 Å². The van der Waals surface area contributed by atoms with Gasteiger partial charge in [0, 0.05) is 44.1 Å². The van der Waals surface area contributed by atoms with E-state index < -0.39 is 5.43 Å². The number of carbonyl (C=O) groups excluding carboxylic acids is 2. The lowest BCUT2D eigenvalue weighted by Crippen LogP contribution is -2.41. The van der Waals surface area contributed by atoms with E-state index in [1.54, 1.807) is 17.3 Å². The normalized spacial score (nSPS) is 27.0. The van der Waals surface area contributed by atoms with Gasteiger partial charge in [-0.25, -0.2) is 0 Å². The molecule has 1 aromatic heterocycles. The maximum absolute atomic E-state index is 13.8. The van der Waals surface area contributed by atoms with Gasteiger partial charge in [0.15, 0.2) is 0 Å². The molecule has 6 nitrogen and oxygen atoms in total. The van der Waals surface area contributed by atoms with Gasteiger partial charge in [-0.3, -0.25) is 14.4 Å². The molecule has 0 aromatic carbocycles. The summed E-state index contributed by atoms with van der Waals surface area (Å²) in [5.41, 5.74) is 0.189. The molecule has 0 radical (unpaired) electrons. The molecule has 2 amide bonds. The Kier molecular flexibility index (Phi) is 6.01. The Morgan fingerprint density at radius 1 is 1.00 bits per heavy atom. The molecule has 2 bridgehead atoms. The summed E-state index contributed by atoms with van der Waals surface area (Å²) < 4.78 is 1.99. The van der Waals surface area contributed by atoms with Gasteiger partial charge < -0.3 is 14.4 Å². The van der Waals surface area contributed by atoms with Crippen LogP contribution in [0.5, 0.6) is 0 Å². The predicted octanol–water partition coefficient (Wildman–Crippen LogP) is 4.49. The van der Waals surface area contributed by atoms with Crippen LogP contribution in [0.25, 0.3) is 0 Å². The van der Waals surface area contributed by atoms with Crippen molar-refractivity contribution in [3.05, 3.63) is 33.7 Å². The number of amides is 2. The van der Waals surface area contributed by atoms with Crippen molar-refractivity contribution in [1.82, 2.24) is 14.4 Å². The first-order valence-corrected chi connectivity index (χ1v) is 12.4. The zero-order valence-corrected chi connectivity index (χ0v) is 20.4. The van der Waals surface area contributed by atoms with Crippen LogP contribution in [0.3, 0.4) is 0 Å². The summed E-state index contributed by atoms with van der Waals surface area (Å²) in [7, 11) is 0. The summed E-state index contributed by atoms with van der Waals surface area (Å²) in [5.74, 6) is -0.461. The molecular weight excluding hydrogens is 402 g/mol. The van der Waals surface area contributed by atoms with Gasteiger partial charge in [-0.15, -0.1) is 0 Å². The van der Waals surface area contributed by atoms with Gasteiger partial charge >= 0.3 is 0 Å². The minimum absolute atomic E-state index is 0.0984. The van der Waals surface area contributed by atoms with Crippen LogP contribution in [-0.2, 0) is 0 Å². The van der Waals surface area contributed by atoms with Gasteiger partial charge in [-0.2, -0.15) is 0 Å². The molecule has 2 atom stereocenters. The second-order valence-corrected chi connectivity index (χ2v) is 11.4. The molecular formula is C26H39N3O3. The van der Waals surface area contributed by atoms with Gasteiger partial charge in [0.2, 0.25) is 5.43 Å². The lowest BCUT2D eigenvalue weighted by Gasteiger charge is -2.39. The Bertz CT molecular complexity index is 956. The van der Waals surface area contributed by atoms with Gasteiger partial charge in [-0.05, 0) is 56.8 Å². The SMILES string of the molecule is CCN(CC)C(=O)c1cn(C2CCCC2)cc(C(=O)N2CC3(C)CC2CC(C)(C)C3)c1=O. The standard InChI is InChI=1S/C26H39N3O3/c1-6-27(7-2)23(31)20-14-28(18-10-8-9-11-18)15-21(22(20)30)24(32)29-17-26(5)13-19(29)12-25(3,4)16-26/h14-15,18-19H,6-13,16-17H2,1-5H3. The molecule has 1 aromatic rings. The van der Waals surface area contributed by atoms with E-state index in [1.807, 2.05) is 23.3 Å². The van der Waals surface area contributed by atoms with E-state index in [9.17, 15) is 14.4 Å². The number of rotatable bonds is 5. The number of likely N-dealkylation sites (tertiary alicyclic amines) is 1. The molecule has 4 rings (SSSR count). The summed E-state index contributed by atoms with van der Waals surface area (Å²) in [5, 5.41) is 0. The van der Waals surface area contributed by atoms with E-state index in [-0.39, 0.29) is 45.9 Å². The zero-order valence-electron chi connectivity index (χ0n) is 20.4. The van der Waals surface area contributed by atoms with E-state index in [4.69, 9.17) is 0 Å². The minimum Gasteiger partial charge on any atom is -0.349 e. The highest BCUT2D eigenvalue weighted by atomic mass is 16.2. The molecule has 2 unspecified atom stereocenters. The number of fused-ring (bicyclic) bond motifs is 2. The first-order valence-electron chi connectivity index (χ1n) is 12.4. The molecule has 0 N–H and O–H groups in total. The molecule has 0 spiro atoms. The Morgan fingerprint density at radius 2 is 1.62 bits per heavy atom. The van der Waals surface area contributed by atoms with Crippen molar-refractivity contribution in [2.24, 2.45) is 10.8 Å². The van der Waals surface area contributed by atoms with Crippen LogP contribution in [0.2, 0.25) is 0 Å². The molecule has 176 valence electrons. The molecule has 2 heterocycles. The van der Waals surface area contributed by atoms with Crippen LogP contribution < -0.4 is 5.43 Å². The molecule has 2 aliphatic carbocycles. The monoisotopic (exact) mass is 441 g/mol. The highest BCUT2D eigenvalue weighted by Gasteiger charge is 2.51. The molecule has 1 saturated heterocycles. The third-order valence-electron chi connectivity index (χ3n) is 7.98. The molecule has 3 fully saturated rings. The first-order chi connectivity index (χ1) is 15.1. The number of nitrogens with zero attached hydrogens (tertiary/aromatic N) is 3. The molecule has 3 aliphatic rings. The van der Waals surface area contributed by atoms with Gasteiger partial charge in [0.1, 0.15) is 11.1 Å². The third kappa shape index (κ3) is 4.13. The minimum atomic E-state index is -0.410. The van der Waals surface area contributed by atoms with Crippen molar-refractivity contribution in [2.75, 3.05) is 19.6 Å². The van der Waals surface area contributed by atoms with Crippen molar-refractivity contribution >= 4 is 11.8 Å². The highest BCUT2D eigenvalue weighted by molar-refractivity contribution is 5.99. The summed E-state index contributed by atoms with van der Waals surface area (Å²) >= 11 is 0. The van der Waals surface area contributed by atoms with Crippen LogP contribution in [0.1, 0.15) is 106 Å². The van der Waals surface area contributed by atoms with E-state index >= 15 is 0 Å². The van der Waals surface area contributed by atoms with Crippen molar-refractivity contribution < 1.29 is 9.59 Å². The first kappa shape index (κ1) is 23.1. The summed E-state index contributed by atoms with van der Waals surface area (Å²) in [6, 6.07) is 0.414. The van der Waals surface area contributed by atoms with Crippen molar-refractivity contribution in [2.45, 2.75) is 91.6 Å². The lowest BCUT2D eigenvalue weighted by atomic mass is 9.65. The van der Waals surface area contributed by atoms with Crippen LogP contribution in [-0.4, -0.2) is 51.9 Å². The number of hydrogen-bond acceptors (Lipinski definition) is 3. The third-order valence-corrected chi connectivity index (χ3v) is 7.98. The summed E-state index contributed by atoms with van der Waals surface area (Å²) in [6.45, 7) is 12.4. The highest BCUT2D eigenvalue weighted by Crippen LogP contribution is 2.52. The number of pyridine rings is 1. The van der Waals surface area contributed by atoms with Gasteiger partial charge in [0.05, 0.1) is 0 Å². The second kappa shape index (κ2) is 8.35. The average Bonchev–Trinajstić information content (AvgIpc) is 3.34. The Morgan fingerprint density at radius 3 is 2.25 bits per heavy atom. The lowest BCUT2D eigenvalue weighted by molar-refractivity contribution is 0.0705. The maximum atomic E-state index is 13.8. The Balaban J connectivity index is 1.75. The number of carbonyl (C=O) groups is 2. The largest absolute Gasteiger partial charge is 0.349 e. The fraction of sp³-hybridized carbons (Fsp3) is 0.731. The van der Waals surface area contributed by atoms with Crippen LogP contribution in [0.15, 0.2) is 17.2 Å². The number of aromatic nitrogens is 1.